The van der Waals surface area contributed by atoms with Gasteiger partial charge in [-0.3, -0.25) is 0 Å². The average molecular weight is 255 g/mol. The van der Waals surface area contributed by atoms with Gasteiger partial charge in [-0.1, -0.05) is 24.6 Å². The smallest absolute Gasteiger partial charge is 0.162 e. The van der Waals surface area contributed by atoms with Crippen molar-refractivity contribution in [2.75, 3.05) is 5.73 Å². The fourth-order valence-corrected chi connectivity index (χ4v) is 2.70. The van der Waals surface area contributed by atoms with Crippen molar-refractivity contribution in [2.24, 2.45) is 0 Å². The van der Waals surface area contributed by atoms with Gasteiger partial charge in [0.2, 0.25) is 0 Å². The van der Waals surface area contributed by atoms with Crippen LogP contribution >= 0.6 is 0 Å². The summed E-state index contributed by atoms with van der Waals surface area (Å²) in [5, 5.41) is 0. The molecular formula is C16H21N3. The molecule has 0 amide bonds. The summed E-state index contributed by atoms with van der Waals surface area (Å²) in [7, 11) is 0. The highest BCUT2D eigenvalue weighted by atomic mass is 15.0. The summed E-state index contributed by atoms with van der Waals surface area (Å²) >= 11 is 0. The van der Waals surface area contributed by atoms with Crippen molar-refractivity contribution in [3.63, 3.8) is 0 Å². The summed E-state index contributed by atoms with van der Waals surface area (Å²) in [6, 6.07) is 4.32. The molecule has 0 unspecified atom stereocenters. The molecular weight excluding hydrogens is 234 g/mol. The second-order valence-electron chi connectivity index (χ2n) is 5.12. The van der Waals surface area contributed by atoms with E-state index < -0.39 is 0 Å². The fraction of sp³-hybridized carbons (Fsp3) is 0.375. The minimum absolute atomic E-state index is 0.601. The molecule has 19 heavy (non-hydrogen) atoms. The molecule has 1 aromatic heterocycles. The van der Waals surface area contributed by atoms with Gasteiger partial charge in [-0.25, -0.2) is 9.97 Å². The van der Waals surface area contributed by atoms with Crippen LogP contribution in [0.3, 0.4) is 0 Å². The standard InChI is InChI=1S/C16H21N3/c1-6-13-12(5)18-16(19-15(13)17)14-10(3)7-9(2)8-11(14)4/h7-8H,6H2,1-5H3,(H2,17,18,19). The summed E-state index contributed by atoms with van der Waals surface area (Å²) < 4.78 is 0. The van der Waals surface area contributed by atoms with Gasteiger partial charge in [0.1, 0.15) is 5.82 Å². The highest BCUT2D eigenvalue weighted by Crippen LogP contribution is 2.27. The number of anilines is 1. The molecule has 3 heteroatoms. The molecule has 0 fully saturated rings. The largest absolute Gasteiger partial charge is 0.383 e. The summed E-state index contributed by atoms with van der Waals surface area (Å²) in [5.74, 6) is 1.34. The topological polar surface area (TPSA) is 51.8 Å². The number of rotatable bonds is 2. The first-order valence-corrected chi connectivity index (χ1v) is 6.65. The summed E-state index contributed by atoms with van der Waals surface area (Å²) in [5.41, 5.74) is 12.8. The Morgan fingerprint density at radius 3 is 2.05 bits per heavy atom. The monoisotopic (exact) mass is 255 g/mol. The van der Waals surface area contributed by atoms with Crippen LogP contribution in [0, 0.1) is 27.7 Å². The Hall–Kier alpha value is -1.90. The number of nitrogens with zero attached hydrogens (tertiary/aromatic N) is 2. The van der Waals surface area contributed by atoms with E-state index in [1.165, 1.54) is 16.7 Å². The SMILES string of the molecule is CCc1c(C)nc(-c2c(C)cc(C)cc2C)nc1N. The average Bonchev–Trinajstić information content (AvgIpc) is 2.26. The lowest BCUT2D eigenvalue weighted by Crippen LogP contribution is -2.05. The summed E-state index contributed by atoms with van der Waals surface area (Å²) in [6.45, 7) is 10.4. The molecule has 0 radical (unpaired) electrons. The van der Waals surface area contributed by atoms with Crippen LogP contribution < -0.4 is 5.73 Å². The maximum atomic E-state index is 6.05. The molecule has 0 aliphatic carbocycles. The summed E-state index contributed by atoms with van der Waals surface area (Å²) in [4.78, 5) is 9.13. The second-order valence-corrected chi connectivity index (χ2v) is 5.12. The first-order chi connectivity index (χ1) is 8.93. The van der Waals surface area contributed by atoms with Crippen LogP contribution in [0.4, 0.5) is 5.82 Å². The van der Waals surface area contributed by atoms with Crippen LogP contribution in [-0.2, 0) is 6.42 Å². The molecule has 0 aliphatic heterocycles. The van der Waals surface area contributed by atoms with Gasteiger partial charge in [-0.15, -0.1) is 0 Å². The van der Waals surface area contributed by atoms with Crippen LogP contribution in [0.25, 0.3) is 11.4 Å². The van der Waals surface area contributed by atoms with Gasteiger partial charge in [-0.2, -0.15) is 0 Å². The van der Waals surface area contributed by atoms with Crippen molar-refractivity contribution in [2.45, 2.75) is 41.0 Å². The molecule has 1 heterocycles. The molecule has 0 atom stereocenters. The first kappa shape index (κ1) is 13.5. The fourth-order valence-electron chi connectivity index (χ4n) is 2.70. The number of benzene rings is 1. The lowest BCUT2D eigenvalue weighted by molar-refractivity contribution is 1.01. The zero-order chi connectivity index (χ0) is 14.2. The van der Waals surface area contributed by atoms with E-state index in [1.807, 2.05) is 6.92 Å². The van der Waals surface area contributed by atoms with Gasteiger partial charge < -0.3 is 5.73 Å². The normalized spacial score (nSPS) is 10.8. The van der Waals surface area contributed by atoms with Gasteiger partial charge in [0.25, 0.3) is 0 Å². The number of hydrogen-bond donors (Lipinski definition) is 1. The zero-order valence-corrected chi connectivity index (χ0v) is 12.3. The van der Waals surface area contributed by atoms with Crippen LogP contribution in [0.1, 0.15) is 34.9 Å². The van der Waals surface area contributed by atoms with Crippen molar-refractivity contribution in [1.82, 2.24) is 9.97 Å². The second kappa shape index (κ2) is 5.00. The Kier molecular flexibility index (Phi) is 3.56. The van der Waals surface area contributed by atoms with Crippen molar-refractivity contribution >= 4 is 5.82 Å². The Morgan fingerprint density at radius 2 is 1.58 bits per heavy atom. The van der Waals surface area contributed by atoms with Crippen LogP contribution in [0.5, 0.6) is 0 Å². The third-order valence-corrected chi connectivity index (χ3v) is 3.50. The maximum absolute atomic E-state index is 6.05. The summed E-state index contributed by atoms with van der Waals surface area (Å²) in [6.07, 6.45) is 0.865. The first-order valence-electron chi connectivity index (χ1n) is 6.65. The van der Waals surface area contributed by atoms with E-state index in [2.05, 4.69) is 49.8 Å². The predicted octanol–water partition coefficient (Wildman–Crippen LogP) is 3.52. The maximum Gasteiger partial charge on any atom is 0.162 e. The lowest BCUT2D eigenvalue weighted by Gasteiger charge is -2.13. The van der Waals surface area contributed by atoms with Gasteiger partial charge in [0.05, 0.1) is 0 Å². The zero-order valence-electron chi connectivity index (χ0n) is 12.3. The number of aryl methyl sites for hydroxylation is 4. The molecule has 3 nitrogen and oxygen atoms in total. The minimum atomic E-state index is 0.601. The van der Waals surface area contributed by atoms with Gasteiger partial charge in [0.15, 0.2) is 5.82 Å². The number of nitrogen functional groups attached to an aromatic ring is 1. The van der Waals surface area contributed by atoms with Crippen molar-refractivity contribution in [1.29, 1.82) is 0 Å². The third kappa shape index (κ3) is 2.46. The molecule has 0 saturated heterocycles. The van der Waals surface area contributed by atoms with E-state index in [-0.39, 0.29) is 0 Å². The molecule has 100 valence electrons. The Labute approximate surface area is 114 Å². The number of hydrogen-bond acceptors (Lipinski definition) is 3. The molecule has 0 spiro atoms. The van der Waals surface area contributed by atoms with E-state index in [0.717, 1.165) is 29.1 Å². The van der Waals surface area contributed by atoms with E-state index in [1.54, 1.807) is 0 Å². The highest BCUT2D eigenvalue weighted by Gasteiger charge is 2.13. The van der Waals surface area contributed by atoms with Crippen LogP contribution in [0.15, 0.2) is 12.1 Å². The van der Waals surface area contributed by atoms with E-state index >= 15 is 0 Å². The molecule has 0 bridgehead atoms. The Bertz CT molecular complexity index is 584. The Morgan fingerprint density at radius 1 is 1.00 bits per heavy atom. The number of nitrogens with two attached hydrogens (primary N) is 1. The number of aromatic nitrogens is 2. The van der Waals surface area contributed by atoms with Crippen molar-refractivity contribution in [3.8, 4) is 11.4 Å². The lowest BCUT2D eigenvalue weighted by atomic mass is 9.99. The third-order valence-electron chi connectivity index (χ3n) is 3.50. The molecule has 2 N–H and O–H groups in total. The van der Waals surface area contributed by atoms with Crippen molar-refractivity contribution < 1.29 is 0 Å². The van der Waals surface area contributed by atoms with Crippen LogP contribution in [0.2, 0.25) is 0 Å². The minimum Gasteiger partial charge on any atom is -0.383 e. The van der Waals surface area contributed by atoms with E-state index in [4.69, 9.17) is 5.73 Å². The molecule has 0 aliphatic rings. The highest BCUT2D eigenvalue weighted by molar-refractivity contribution is 5.67. The van der Waals surface area contributed by atoms with E-state index in [0.29, 0.717) is 5.82 Å². The quantitative estimate of drug-likeness (QED) is 0.893. The van der Waals surface area contributed by atoms with Crippen LogP contribution in [-0.4, -0.2) is 9.97 Å². The Balaban J connectivity index is 2.67. The van der Waals surface area contributed by atoms with Gasteiger partial charge >= 0.3 is 0 Å². The van der Waals surface area contributed by atoms with Gasteiger partial charge in [-0.05, 0) is 45.2 Å². The molecule has 1 aromatic carbocycles. The van der Waals surface area contributed by atoms with E-state index in [9.17, 15) is 0 Å². The van der Waals surface area contributed by atoms with Crippen molar-refractivity contribution in [3.05, 3.63) is 40.1 Å². The molecule has 2 rings (SSSR count). The van der Waals surface area contributed by atoms with Gasteiger partial charge in [0, 0.05) is 16.8 Å². The molecule has 2 aromatic rings. The predicted molar refractivity (Wildman–Crippen MR) is 80.2 cm³/mol. The molecule has 0 saturated carbocycles.